The molecule has 1 fully saturated rings. The number of rotatable bonds is 7. The molecule has 1 aliphatic heterocycles. The van der Waals surface area contributed by atoms with Crippen molar-refractivity contribution in [1.82, 2.24) is 10.2 Å². The second kappa shape index (κ2) is 10.3. The lowest BCUT2D eigenvalue weighted by molar-refractivity contribution is -0.385. The molecule has 1 atom stereocenters. The first-order valence-corrected chi connectivity index (χ1v) is 10.8. The number of nitrogens with zero attached hydrogens (tertiary/aromatic N) is 3. The van der Waals surface area contributed by atoms with E-state index in [9.17, 15) is 24.1 Å². The van der Waals surface area contributed by atoms with Crippen molar-refractivity contribution in [3.63, 3.8) is 0 Å². The summed E-state index contributed by atoms with van der Waals surface area (Å²) in [5.74, 6) is -0.608. The molecule has 3 rings (SSSR count). The number of hydrogen-bond acceptors (Lipinski definition) is 6. The number of benzene rings is 2. The highest BCUT2D eigenvalue weighted by Crippen LogP contribution is 2.24. The number of nitro groups is 1. The van der Waals surface area contributed by atoms with E-state index in [0.29, 0.717) is 36.8 Å². The van der Waals surface area contributed by atoms with Crippen molar-refractivity contribution in [2.45, 2.75) is 17.9 Å². The van der Waals surface area contributed by atoms with Crippen LogP contribution in [0.5, 0.6) is 0 Å². The Morgan fingerprint density at radius 1 is 1.16 bits per heavy atom. The molecule has 1 N–H and O–H groups in total. The Hall–Kier alpha value is -3.14. The van der Waals surface area contributed by atoms with Gasteiger partial charge < -0.3 is 15.1 Å². The molecule has 1 heterocycles. The number of non-ortho nitro benzene ring substituents is 1. The molecule has 2 amide bonds. The fourth-order valence-electron chi connectivity index (χ4n) is 3.38. The summed E-state index contributed by atoms with van der Waals surface area (Å²) in [6.45, 7) is 3.12. The van der Waals surface area contributed by atoms with Crippen LogP contribution in [0.15, 0.2) is 53.4 Å². The van der Waals surface area contributed by atoms with Crippen LogP contribution >= 0.6 is 11.8 Å². The van der Waals surface area contributed by atoms with Crippen LogP contribution in [0.1, 0.15) is 6.92 Å². The zero-order valence-electron chi connectivity index (χ0n) is 17.0. The van der Waals surface area contributed by atoms with Gasteiger partial charge in [0.25, 0.3) is 5.69 Å². The van der Waals surface area contributed by atoms with Gasteiger partial charge in [-0.05, 0) is 18.2 Å². The maximum Gasteiger partial charge on any atom is 0.270 e. The maximum absolute atomic E-state index is 14.0. The van der Waals surface area contributed by atoms with Crippen LogP contribution in [-0.4, -0.2) is 59.6 Å². The van der Waals surface area contributed by atoms with Gasteiger partial charge in [-0.1, -0.05) is 18.2 Å². The number of carbonyl (C=O) groups is 2. The Labute approximate surface area is 183 Å². The molecule has 1 aliphatic rings. The van der Waals surface area contributed by atoms with Crippen molar-refractivity contribution < 1.29 is 18.9 Å². The lowest BCUT2D eigenvalue weighted by Gasteiger charge is -2.37. The predicted octanol–water partition coefficient (Wildman–Crippen LogP) is 2.68. The summed E-state index contributed by atoms with van der Waals surface area (Å²) in [6.07, 6.45) is 0. The minimum absolute atomic E-state index is 0.0309. The Bertz CT molecular complexity index is 966. The van der Waals surface area contributed by atoms with E-state index in [-0.39, 0.29) is 29.1 Å². The number of nitrogens with one attached hydrogen (secondary N) is 1. The molecule has 0 spiro atoms. The molecular weight excluding hydrogens is 423 g/mol. The molecule has 0 saturated carbocycles. The van der Waals surface area contributed by atoms with Gasteiger partial charge in [0.2, 0.25) is 11.8 Å². The van der Waals surface area contributed by atoms with Crippen molar-refractivity contribution in [2.24, 2.45) is 0 Å². The molecular formula is C21H23FN4O4S. The van der Waals surface area contributed by atoms with Crippen LogP contribution < -0.4 is 10.2 Å². The van der Waals surface area contributed by atoms with Gasteiger partial charge in [-0.15, -0.1) is 11.8 Å². The first kappa shape index (κ1) is 22.5. The molecule has 1 unspecified atom stereocenters. The monoisotopic (exact) mass is 446 g/mol. The third-order valence-corrected chi connectivity index (χ3v) is 5.99. The van der Waals surface area contributed by atoms with E-state index >= 15 is 0 Å². The quantitative estimate of drug-likeness (QED) is 0.399. The van der Waals surface area contributed by atoms with Crippen LogP contribution in [0.25, 0.3) is 0 Å². The number of nitro benzene ring substituents is 1. The second-order valence-electron chi connectivity index (χ2n) is 7.08. The van der Waals surface area contributed by atoms with E-state index in [1.165, 1.54) is 36.9 Å². The Balaban J connectivity index is 1.62. The highest BCUT2D eigenvalue weighted by Gasteiger charge is 2.29. The molecule has 0 radical (unpaired) electrons. The van der Waals surface area contributed by atoms with Gasteiger partial charge in [-0.2, -0.15) is 0 Å². The number of anilines is 1. The number of piperazine rings is 1. The number of carbonyl (C=O) groups excluding carboxylic acids is 2. The highest BCUT2D eigenvalue weighted by atomic mass is 32.2. The van der Waals surface area contributed by atoms with Crippen molar-refractivity contribution >= 4 is 35.0 Å². The van der Waals surface area contributed by atoms with E-state index in [1.807, 2.05) is 4.90 Å². The molecule has 31 heavy (non-hydrogen) atoms. The summed E-state index contributed by atoms with van der Waals surface area (Å²) in [5.41, 5.74) is 0.478. The summed E-state index contributed by atoms with van der Waals surface area (Å²) in [6, 6.07) is 11.9. The lowest BCUT2D eigenvalue weighted by Crippen LogP contribution is -2.55. The summed E-state index contributed by atoms with van der Waals surface area (Å²) < 4.78 is 14.0. The van der Waals surface area contributed by atoms with Crippen LogP contribution in [-0.2, 0) is 9.59 Å². The first-order chi connectivity index (χ1) is 14.8. The van der Waals surface area contributed by atoms with Crippen LogP contribution in [0.2, 0.25) is 0 Å². The van der Waals surface area contributed by atoms with E-state index in [2.05, 4.69) is 5.32 Å². The van der Waals surface area contributed by atoms with E-state index < -0.39 is 11.0 Å². The van der Waals surface area contributed by atoms with Gasteiger partial charge in [-0.3, -0.25) is 19.7 Å². The largest absolute Gasteiger partial charge is 0.366 e. The number of amides is 2. The molecule has 10 heteroatoms. The van der Waals surface area contributed by atoms with Gasteiger partial charge in [0.1, 0.15) is 11.9 Å². The van der Waals surface area contributed by atoms with Gasteiger partial charge in [0.05, 0.1) is 10.6 Å². The average Bonchev–Trinajstić information content (AvgIpc) is 2.76. The molecule has 2 aromatic rings. The molecule has 8 nitrogen and oxygen atoms in total. The van der Waals surface area contributed by atoms with Crippen molar-refractivity contribution in [3.05, 3.63) is 64.5 Å². The molecule has 0 bridgehead atoms. The van der Waals surface area contributed by atoms with Crippen LogP contribution in [0, 0.1) is 15.9 Å². The number of para-hydroxylation sites is 1. The zero-order chi connectivity index (χ0) is 22.4. The predicted molar refractivity (Wildman–Crippen MR) is 117 cm³/mol. The standard InChI is InChI=1S/C21H23FN4O4S/c1-15(27)23-19(14-31-17-6-4-5-16(13-17)26(29)30)21(28)25-11-9-24(10-12-25)20-8-3-2-7-18(20)22/h2-8,13,19H,9-12,14H2,1H3,(H,23,27). The van der Waals surface area contributed by atoms with Gasteiger partial charge in [-0.25, -0.2) is 4.39 Å². The van der Waals surface area contributed by atoms with Crippen LogP contribution in [0.3, 0.4) is 0 Å². The molecule has 0 aliphatic carbocycles. The minimum atomic E-state index is -0.762. The Morgan fingerprint density at radius 2 is 1.87 bits per heavy atom. The van der Waals surface area contributed by atoms with Gasteiger partial charge in [0.15, 0.2) is 0 Å². The first-order valence-electron chi connectivity index (χ1n) is 9.78. The molecule has 164 valence electrons. The Morgan fingerprint density at radius 3 is 2.52 bits per heavy atom. The van der Waals surface area contributed by atoms with Crippen molar-refractivity contribution in [3.8, 4) is 0 Å². The SMILES string of the molecule is CC(=O)NC(CSc1cccc([N+](=O)[O-])c1)C(=O)N1CCN(c2ccccc2F)CC1. The zero-order valence-corrected chi connectivity index (χ0v) is 17.8. The average molecular weight is 447 g/mol. The molecule has 1 saturated heterocycles. The van der Waals surface area contributed by atoms with E-state index in [0.717, 1.165) is 0 Å². The lowest BCUT2D eigenvalue weighted by atomic mass is 10.2. The fourth-order valence-corrected chi connectivity index (χ4v) is 4.35. The third-order valence-electron chi connectivity index (χ3n) is 4.91. The smallest absolute Gasteiger partial charge is 0.270 e. The summed E-state index contributed by atoms with van der Waals surface area (Å²) in [5, 5.41) is 13.6. The minimum Gasteiger partial charge on any atom is -0.366 e. The normalized spacial score (nSPS) is 14.8. The Kier molecular flexibility index (Phi) is 7.45. The van der Waals surface area contributed by atoms with Crippen molar-refractivity contribution in [2.75, 3.05) is 36.8 Å². The van der Waals surface area contributed by atoms with Gasteiger partial charge >= 0.3 is 0 Å². The fraction of sp³-hybridized carbons (Fsp3) is 0.333. The molecule has 2 aromatic carbocycles. The maximum atomic E-state index is 14.0. The number of halogens is 1. The van der Waals surface area contributed by atoms with Gasteiger partial charge in [0, 0.05) is 55.9 Å². The summed E-state index contributed by atoms with van der Waals surface area (Å²) >= 11 is 1.27. The number of thioether (sulfide) groups is 1. The highest BCUT2D eigenvalue weighted by molar-refractivity contribution is 7.99. The van der Waals surface area contributed by atoms with Crippen LogP contribution in [0.4, 0.5) is 15.8 Å². The van der Waals surface area contributed by atoms with E-state index in [4.69, 9.17) is 0 Å². The summed E-state index contributed by atoms with van der Waals surface area (Å²) in [4.78, 5) is 39.3. The molecule has 0 aromatic heterocycles. The number of hydrogen-bond donors (Lipinski definition) is 1. The summed E-state index contributed by atoms with van der Waals surface area (Å²) in [7, 11) is 0. The third kappa shape index (κ3) is 5.94. The van der Waals surface area contributed by atoms with Crippen molar-refractivity contribution in [1.29, 1.82) is 0 Å². The second-order valence-corrected chi connectivity index (χ2v) is 8.18. The van der Waals surface area contributed by atoms with E-state index in [1.54, 1.807) is 35.2 Å². The topological polar surface area (TPSA) is 95.8 Å².